The van der Waals surface area contributed by atoms with E-state index in [1.165, 1.54) is 38.0 Å². The number of nitrogens with one attached hydrogen (secondary N) is 2. The van der Waals surface area contributed by atoms with E-state index in [9.17, 15) is 0 Å². The quantitative estimate of drug-likeness (QED) is 0.350. The molecule has 0 aromatic heterocycles. The van der Waals surface area contributed by atoms with E-state index in [1.54, 1.807) is 0 Å². The predicted octanol–water partition coefficient (Wildman–Crippen LogP) is 3.67. The van der Waals surface area contributed by atoms with Crippen LogP contribution >= 0.6 is 24.0 Å². The van der Waals surface area contributed by atoms with Crippen LogP contribution in [0.15, 0.2) is 29.3 Å². The number of ether oxygens (including phenoxy) is 1. The lowest BCUT2D eigenvalue weighted by Crippen LogP contribution is -2.50. The van der Waals surface area contributed by atoms with E-state index in [-0.39, 0.29) is 30.1 Å². The van der Waals surface area contributed by atoms with Crippen LogP contribution in [0.5, 0.6) is 5.75 Å². The van der Waals surface area contributed by atoms with Gasteiger partial charge in [-0.3, -0.25) is 4.99 Å². The highest BCUT2D eigenvalue weighted by Gasteiger charge is 2.20. The minimum Gasteiger partial charge on any atom is -0.489 e. The van der Waals surface area contributed by atoms with E-state index in [1.807, 2.05) is 19.2 Å². The molecular weight excluding hydrogens is 451 g/mol. The number of aryl methyl sites for hydroxylation is 1. The van der Waals surface area contributed by atoms with Gasteiger partial charge in [-0.1, -0.05) is 26.0 Å². The zero-order chi connectivity index (χ0) is 18.9. The molecule has 0 radical (unpaired) electrons. The number of hydrogen-bond acceptors (Lipinski definition) is 3. The molecule has 1 aromatic rings. The van der Waals surface area contributed by atoms with Crippen LogP contribution < -0.4 is 15.4 Å². The fourth-order valence-electron chi connectivity index (χ4n) is 3.37. The van der Waals surface area contributed by atoms with Gasteiger partial charge in [-0.15, -0.1) is 24.0 Å². The highest BCUT2D eigenvalue weighted by Crippen LogP contribution is 2.14. The Bertz CT molecular complexity index is 571. The average molecular weight is 488 g/mol. The minimum atomic E-state index is 0. The van der Waals surface area contributed by atoms with Gasteiger partial charge in [0.2, 0.25) is 0 Å². The first-order chi connectivity index (χ1) is 12.5. The smallest absolute Gasteiger partial charge is 0.191 e. The maximum atomic E-state index is 5.98. The van der Waals surface area contributed by atoms with Crippen molar-refractivity contribution < 1.29 is 4.74 Å². The summed E-state index contributed by atoms with van der Waals surface area (Å²) in [4.78, 5) is 6.93. The van der Waals surface area contributed by atoms with Crippen LogP contribution in [0.1, 0.15) is 39.2 Å². The lowest BCUT2D eigenvalue weighted by atomic mass is 10.0. The third-order valence-corrected chi connectivity index (χ3v) is 4.66. The zero-order valence-electron chi connectivity index (χ0n) is 17.5. The van der Waals surface area contributed by atoms with Crippen LogP contribution in [0.3, 0.4) is 0 Å². The van der Waals surface area contributed by atoms with Gasteiger partial charge in [0.15, 0.2) is 5.96 Å². The second kappa shape index (κ2) is 12.4. The Morgan fingerprint density at radius 3 is 2.56 bits per heavy atom. The summed E-state index contributed by atoms with van der Waals surface area (Å²) in [6.07, 6.45) is 2.41. The summed E-state index contributed by atoms with van der Waals surface area (Å²) in [7, 11) is 1.83. The molecular formula is C21H37IN4O. The van der Waals surface area contributed by atoms with Gasteiger partial charge in [-0.05, 0) is 50.3 Å². The molecule has 0 aliphatic carbocycles. The monoisotopic (exact) mass is 488 g/mol. The summed E-state index contributed by atoms with van der Waals surface area (Å²) >= 11 is 0. The molecule has 1 aromatic carbocycles. The van der Waals surface area contributed by atoms with Crippen molar-refractivity contribution >= 4 is 29.9 Å². The van der Waals surface area contributed by atoms with Gasteiger partial charge >= 0.3 is 0 Å². The summed E-state index contributed by atoms with van der Waals surface area (Å²) in [6, 6.07) is 8.67. The molecule has 1 heterocycles. The number of halogens is 1. The number of nitrogens with zero attached hydrogens (tertiary/aromatic N) is 2. The van der Waals surface area contributed by atoms with Crippen LogP contribution in [-0.4, -0.2) is 56.2 Å². The highest BCUT2D eigenvalue weighted by atomic mass is 127. The number of aliphatic imine (C=N–C) groups is 1. The SMILES string of the molecule is CN=C(NCC(C)Oc1cccc(C)c1)NC1CCN(CC(C)C)CC1.I. The van der Waals surface area contributed by atoms with Crippen LogP contribution in [0.25, 0.3) is 0 Å². The van der Waals surface area contributed by atoms with Crippen LogP contribution in [0, 0.1) is 12.8 Å². The van der Waals surface area contributed by atoms with Gasteiger partial charge in [0, 0.05) is 32.7 Å². The molecule has 0 bridgehead atoms. The van der Waals surface area contributed by atoms with Crippen LogP contribution in [-0.2, 0) is 0 Å². The Labute approximate surface area is 182 Å². The molecule has 0 saturated carbocycles. The van der Waals surface area contributed by atoms with E-state index in [0.717, 1.165) is 24.2 Å². The largest absolute Gasteiger partial charge is 0.489 e. The van der Waals surface area contributed by atoms with Crippen molar-refractivity contribution in [3.05, 3.63) is 29.8 Å². The number of likely N-dealkylation sites (tertiary alicyclic amines) is 1. The standard InChI is InChI=1S/C21H36N4O.HI/c1-16(2)15-25-11-9-19(10-12-25)24-21(22-5)23-14-18(4)26-20-8-6-7-17(3)13-20;/h6-8,13,16,18-19H,9-12,14-15H2,1-5H3,(H2,22,23,24);1H. The summed E-state index contributed by atoms with van der Waals surface area (Å²) in [5.41, 5.74) is 1.21. The predicted molar refractivity (Wildman–Crippen MR) is 125 cm³/mol. The molecule has 1 aliphatic heterocycles. The number of benzene rings is 1. The van der Waals surface area contributed by atoms with Crippen LogP contribution in [0.4, 0.5) is 0 Å². The van der Waals surface area contributed by atoms with E-state index in [2.05, 4.69) is 60.4 Å². The minimum absolute atomic E-state index is 0. The third kappa shape index (κ3) is 9.14. The highest BCUT2D eigenvalue weighted by molar-refractivity contribution is 14.0. The number of piperidine rings is 1. The van der Waals surface area contributed by atoms with Crippen molar-refractivity contribution in [1.82, 2.24) is 15.5 Å². The zero-order valence-corrected chi connectivity index (χ0v) is 19.8. The summed E-state index contributed by atoms with van der Waals surface area (Å²) < 4.78 is 5.98. The Kier molecular flexibility index (Phi) is 11.1. The molecule has 6 heteroatoms. The second-order valence-electron chi connectivity index (χ2n) is 7.81. The van der Waals surface area contributed by atoms with E-state index in [0.29, 0.717) is 6.04 Å². The first-order valence-electron chi connectivity index (χ1n) is 9.89. The van der Waals surface area contributed by atoms with Crippen molar-refractivity contribution in [1.29, 1.82) is 0 Å². The van der Waals surface area contributed by atoms with Gasteiger partial charge in [-0.2, -0.15) is 0 Å². The molecule has 1 saturated heterocycles. The molecule has 0 spiro atoms. The van der Waals surface area contributed by atoms with E-state index < -0.39 is 0 Å². The van der Waals surface area contributed by atoms with Gasteiger partial charge in [0.05, 0.1) is 6.54 Å². The lowest BCUT2D eigenvalue weighted by Gasteiger charge is -2.34. The van der Waals surface area contributed by atoms with Crippen molar-refractivity contribution in [2.24, 2.45) is 10.9 Å². The Hall–Kier alpha value is -1.02. The molecule has 27 heavy (non-hydrogen) atoms. The second-order valence-corrected chi connectivity index (χ2v) is 7.81. The molecule has 154 valence electrons. The number of guanidine groups is 1. The third-order valence-electron chi connectivity index (χ3n) is 4.66. The van der Waals surface area contributed by atoms with Gasteiger partial charge in [0.25, 0.3) is 0 Å². The summed E-state index contributed by atoms with van der Waals surface area (Å²) in [5, 5.41) is 6.96. The van der Waals surface area contributed by atoms with E-state index >= 15 is 0 Å². The Balaban J connectivity index is 0.00000364. The fraction of sp³-hybridized carbons (Fsp3) is 0.667. The van der Waals surface area contributed by atoms with Gasteiger partial charge in [-0.25, -0.2) is 0 Å². The van der Waals surface area contributed by atoms with E-state index in [4.69, 9.17) is 4.74 Å². The molecule has 2 rings (SSSR count). The summed E-state index contributed by atoms with van der Waals surface area (Å²) in [5.74, 6) is 2.52. The first kappa shape index (κ1) is 24.0. The molecule has 1 aliphatic rings. The number of rotatable bonds is 7. The normalized spacial score (nSPS) is 17.3. The first-order valence-corrected chi connectivity index (χ1v) is 9.89. The fourth-order valence-corrected chi connectivity index (χ4v) is 3.37. The average Bonchev–Trinajstić information content (AvgIpc) is 2.59. The van der Waals surface area contributed by atoms with Crippen molar-refractivity contribution in [2.75, 3.05) is 33.2 Å². The topological polar surface area (TPSA) is 48.9 Å². The molecule has 5 nitrogen and oxygen atoms in total. The van der Waals surface area contributed by atoms with Gasteiger partial charge in [0.1, 0.15) is 11.9 Å². The Morgan fingerprint density at radius 2 is 1.96 bits per heavy atom. The molecule has 1 atom stereocenters. The van der Waals surface area contributed by atoms with Gasteiger partial charge < -0.3 is 20.3 Å². The molecule has 1 unspecified atom stereocenters. The molecule has 0 amide bonds. The molecule has 2 N–H and O–H groups in total. The molecule has 1 fully saturated rings. The van der Waals surface area contributed by atoms with Crippen molar-refractivity contribution in [3.8, 4) is 5.75 Å². The lowest BCUT2D eigenvalue weighted by molar-refractivity contribution is 0.186. The maximum absolute atomic E-state index is 5.98. The number of hydrogen-bond donors (Lipinski definition) is 2. The maximum Gasteiger partial charge on any atom is 0.191 e. The summed E-state index contributed by atoms with van der Waals surface area (Å²) in [6.45, 7) is 13.0. The van der Waals surface area contributed by atoms with Crippen molar-refractivity contribution in [3.63, 3.8) is 0 Å². The van der Waals surface area contributed by atoms with Crippen LogP contribution in [0.2, 0.25) is 0 Å². The van der Waals surface area contributed by atoms with Crippen molar-refractivity contribution in [2.45, 2.75) is 52.7 Å². The Morgan fingerprint density at radius 1 is 1.26 bits per heavy atom.